The Kier molecular flexibility index (Phi) is 3.65. The van der Waals surface area contributed by atoms with E-state index in [-0.39, 0.29) is 5.78 Å². The highest BCUT2D eigenvalue weighted by atomic mass is 16.5. The van der Waals surface area contributed by atoms with E-state index >= 15 is 0 Å². The molecule has 0 aliphatic heterocycles. The van der Waals surface area contributed by atoms with Crippen LogP contribution in [0.25, 0.3) is 0 Å². The van der Waals surface area contributed by atoms with Crippen LogP contribution in [0.5, 0.6) is 5.75 Å². The van der Waals surface area contributed by atoms with Crippen LogP contribution in [0.1, 0.15) is 29.6 Å². The largest absolute Gasteiger partial charge is 0.497 e. The Morgan fingerprint density at radius 2 is 2.00 bits per heavy atom. The van der Waals surface area contributed by atoms with Crippen LogP contribution in [0.2, 0.25) is 0 Å². The average Bonchev–Trinajstić information content (AvgIpc) is 2.87. The fourth-order valence-corrected chi connectivity index (χ4v) is 2.56. The summed E-state index contributed by atoms with van der Waals surface area (Å²) < 4.78 is 5.07. The van der Waals surface area contributed by atoms with Crippen molar-refractivity contribution in [3.05, 3.63) is 29.8 Å². The van der Waals surface area contributed by atoms with Crippen molar-refractivity contribution in [2.45, 2.75) is 19.3 Å². The first-order valence-electron chi connectivity index (χ1n) is 6.04. The van der Waals surface area contributed by atoms with E-state index in [1.807, 2.05) is 0 Å². The van der Waals surface area contributed by atoms with E-state index in [4.69, 9.17) is 9.84 Å². The van der Waals surface area contributed by atoms with Crippen LogP contribution in [-0.4, -0.2) is 24.0 Å². The predicted octanol–water partition coefficient (Wildman–Crippen LogP) is 2.38. The summed E-state index contributed by atoms with van der Waals surface area (Å²) in [6, 6.07) is 6.89. The molecule has 0 amide bonds. The highest BCUT2D eigenvalue weighted by molar-refractivity contribution is 6.00. The molecule has 2 atom stereocenters. The second kappa shape index (κ2) is 5.21. The van der Waals surface area contributed by atoms with E-state index in [2.05, 4.69) is 0 Å². The zero-order chi connectivity index (χ0) is 13.1. The van der Waals surface area contributed by atoms with Gasteiger partial charge in [0, 0.05) is 11.5 Å². The Labute approximate surface area is 106 Å². The maximum absolute atomic E-state index is 12.3. The smallest absolute Gasteiger partial charge is 0.307 e. The molecule has 0 heterocycles. The number of ether oxygens (including phenoxy) is 1. The molecule has 4 nitrogen and oxygen atoms in total. The quantitative estimate of drug-likeness (QED) is 0.831. The number of Topliss-reactive ketones (excluding diaryl/α,β-unsaturated/α-hetero) is 1. The van der Waals surface area contributed by atoms with E-state index in [1.165, 1.54) is 0 Å². The molecular formula is C14H16O4. The molecule has 18 heavy (non-hydrogen) atoms. The molecule has 1 N–H and O–H groups in total. The molecular weight excluding hydrogens is 232 g/mol. The van der Waals surface area contributed by atoms with Crippen molar-refractivity contribution < 1.29 is 19.4 Å². The summed E-state index contributed by atoms with van der Waals surface area (Å²) in [6.45, 7) is 0. The number of hydrogen-bond acceptors (Lipinski definition) is 3. The number of aliphatic carboxylic acids is 1. The lowest BCUT2D eigenvalue weighted by Gasteiger charge is -2.14. The third-order valence-corrected chi connectivity index (χ3v) is 3.52. The minimum atomic E-state index is -0.867. The first-order valence-corrected chi connectivity index (χ1v) is 6.04. The number of carbonyl (C=O) groups excluding carboxylic acids is 1. The summed E-state index contributed by atoms with van der Waals surface area (Å²) in [5.74, 6) is -1.27. The van der Waals surface area contributed by atoms with Crippen LogP contribution in [-0.2, 0) is 4.79 Å². The summed E-state index contributed by atoms with van der Waals surface area (Å²) >= 11 is 0. The van der Waals surface area contributed by atoms with E-state index < -0.39 is 17.8 Å². The van der Waals surface area contributed by atoms with Crippen molar-refractivity contribution in [3.8, 4) is 5.75 Å². The van der Waals surface area contributed by atoms with Gasteiger partial charge in [-0.2, -0.15) is 0 Å². The van der Waals surface area contributed by atoms with Crippen LogP contribution >= 0.6 is 0 Å². The second-order valence-corrected chi connectivity index (χ2v) is 4.58. The van der Waals surface area contributed by atoms with E-state index in [0.29, 0.717) is 24.2 Å². The van der Waals surface area contributed by atoms with Gasteiger partial charge >= 0.3 is 5.97 Å². The number of hydrogen-bond donors (Lipinski definition) is 1. The Morgan fingerprint density at radius 1 is 1.28 bits per heavy atom. The fourth-order valence-electron chi connectivity index (χ4n) is 2.56. The summed E-state index contributed by atoms with van der Waals surface area (Å²) in [7, 11) is 1.54. The Morgan fingerprint density at radius 3 is 2.67 bits per heavy atom. The van der Waals surface area contributed by atoms with Gasteiger partial charge in [-0.1, -0.05) is 18.6 Å². The van der Waals surface area contributed by atoms with Gasteiger partial charge in [-0.25, -0.2) is 0 Å². The average molecular weight is 248 g/mol. The molecule has 4 heteroatoms. The monoisotopic (exact) mass is 248 g/mol. The topological polar surface area (TPSA) is 63.6 Å². The molecule has 0 saturated heterocycles. The molecule has 0 aromatic heterocycles. The molecule has 2 rings (SSSR count). The van der Waals surface area contributed by atoms with E-state index in [0.717, 1.165) is 6.42 Å². The number of carbonyl (C=O) groups is 2. The summed E-state index contributed by atoms with van der Waals surface area (Å²) in [5, 5.41) is 9.10. The van der Waals surface area contributed by atoms with Crippen molar-refractivity contribution in [1.82, 2.24) is 0 Å². The third kappa shape index (κ3) is 2.37. The van der Waals surface area contributed by atoms with Crippen LogP contribution in [0.4, 0.5) is 0 Å². The van der Waals surface area contributed by atoms with Crippen LogP contribution < -0.4 is 4.74 Å². The minimum Gasteiger partial charge on any atom is -0.497 e. The van der Waals surface area contributed by atoms with Crippen molar-refractivity contribution >= 4 is 11.8 Å². The standard InChI is InChI=1S/C14H16O4/c1-18-10-5-2-4-9(8-10)13(15)11-6-3-7-12(11)14(16)17/h2,4-5,8,11-12H,3,6-7H2,1H3,(H,16,17). The van der Waals surface area contributed by atoms with Gasteiger partial charge in [-0.05, 0) is 25.0 Å². The molecule has 1 saturated carbocycles. The molecule has 0 radical (unpaired) electrons. The van der Waals surface area contributed by atoms with Crippen molar-refractivity contribution in [1.29, 1.82) is 0 Å². The molecule has 1 aliphatic carbocycles. The molecule has 1 aromatic rings. The Balaban J connectivity index is 2.22. The minimum absolute atomic E-state index is 0.0844. The molecule has 1 aromatic carbocycles. The van der Waals surface area contributed by atoms with Crippen LogP contribution in [0, 0.1) is 11.8 Å². The van der Waals surface area contributed by atoms with Gasteiger partial charge < -0.3 is 9.84 Å². The third-order valence-electron chi connectivity index (χ3n) is 3.52. The van der Waals surface area contributed by atoms with E-state index in [9.17, 15) is 9.59 Å². The SMILES string of the molecule is COc1cccc(C(=O)C2CCCC2C(=O)O)c1. The van der Waals surface area contributed by atoms with Crippen molar-refractivity contribution in [3.63, 3.8) is 0 Å². The number of carboxylic acids is 1. The van der Waals surface area contributed by atoms with Gasteiger partial charge in [0.05, 0.1) is 13.0 Å². The van der Waals surface area contributed by atoms with E-state index in [1.54, 1.807) is 31.4 Å². The molecule has 0 bridgehead atoms. The molecule has 1 aliphatic rings. The highest BCUT2D eigenvalue weighted by Gasteiger charge is 2.37. The zero-order valence-electron chi connectivity index (χ0n) is 10.3. The summed E-state index contributed by atoms with van der Waals surface area (Å²) in [6.07, 6.45) is 2.06. The Bertz CT molecular complexity index is 467. The molecule has 0 spiro atoms. The summed E-state index contributed by atoms with van der Waals surface area (Å²) in [4.78, 5) is 23.4. The molecule has 96 valence electrons. The lowest BCUT2D eigenvalue weighted by atomic mass is 9.88. The molecule has 1 fully saturated rings. The normalized spacial score (nSPS) is 22.7. The number of methoxy groups -OCH3 is 1. The first kappa shape index (κ1) is 12.6. The maximum atomic E-state index is 12.3. The number of rotatable bonds is 4. The summed E-state index contributed by atoms with van der Waals surface area (Å²) in [5.41, 5.74) is 0.535. The van der Waals surface area contributed by atoms with Gasteiger partial charge in [0.1, 0.15) is 5.75 Å². The van der Waals surface area contributed by atoms with Gasteiger partial charge in [0.25, 0.3) is 0 Å². The number of benzene rings is 1. The van der Waals surface area contributed by atoms with Gasteiger partial charge in [-0.3, -0.25) is 9.59 Å². The fraction of sp³-hybridized carbons (Fsp3) is 0.429. The van der Waals surface area contributed by atoms with Gasteiger partial charge in [0.15, 0.2) is 5.78 Å². The van der Waals surface area contributed by atoms with Gasteiger partial charge in [-0.15, -0.1) is 0 Å². The molecule has 2 unspecified atom stereocenters. The Hall–Kier alpha value is -1.84. The predicted molar refractivity (Wildman–Crippen MR) is 65.8 cm³/mol. The van der Waals surface area contributed by atoms with Crippen LogP contribution in [0.3, 0.4) is 0 Å². The number of carboxylic acid groups (broad SMARTS) is 1. The first-order chi connectivity index (χ1) is 8.63. The van der Waals surface area contributed by atoms with Crippen molar-refractivity contribution in [2.75, 3.05) is 7.11 Å². The van der Waals surface area contributed by atoms with Gasteiger partial charge in [0.2, 0.25) is 0 Å². The van der Waals surface area contributed by atoms with Crippen LogP contribution in [0.15, 0.2) is 24.3 Å². The lowest BCUT2D eigenvalue weighted by Crippen LogP contribution is -2.25. The highest BCUT2D eigenvalue weighted by Crippen LogP contribution is 2.34. The second-order valence-electron chi connectivity index (χ2n) is 4.58. The zero-order valence-corrected chi connectivity index (χ0v) is 10.3. The van der Waals surface area contributed by atoms with Crippen molar-refractivity contribution in [2.24, 2.45) is 11.8 Å². The number of ketones is 1. The lowest BCUT2D eigenvalue weighted by molar-refractivity contribution is -0.142. The maximum Gasteiger partial charge on any atom is 0.307 e.